The van der Waals surface area contributed by atoms with Gasteiger partial charge in [-0.1, -0.05) is 18.2 Å². The van der Waals surface area contributed by atoms with Crippen molar-refractivity contribution in [2.75, 3.05) is 0 Å². The molecule has 64 valence electrons. The first-order valence-electron chi connectivity index (χ1n) is 3.20. The van der Waals surface area contributed by atoms with Crippen LogP contribution in [-0.4, -0.2) is 46.6 Å². The predicted molar refractivity (Wildman–Crippen MR) is 46.9 cm³/mol. The predicted octanol–water partition coefficient (Wildman–Crippen LogP) is 0.0281. The molecule has 0 radical (unpaired) electrons. The topological polar surface area (TPSA) is 63.6 Å². The Labute approximate surface area is 96.8 Å². The number of ether oxygens (including phenoxy) is 1. The molecule has 0 aliphatic rings. The minimum absolute atomic E-state index is 0. The van der Waals surface area contributed by atoms with Crippen LogP contribution in [-0.2, 0) is 9.59 Å². The molecule has 0 bridgehead atoms. The van der Waals surface area contributed by atoms with E-state index in [0.717, 1.165) is 0 Å². The van der Waals surface area contributed by atoms with Gasteiger partial charge in [-0.3, -0.25) is 0 Å². The summed E-state index contributed by atoms with van der Waals surface area (Å²) >= 11 is 0. The van der Waals surface area contributed by atoms with E-state index < -0.39 is 11.9 Å². The van der Waals surface area contributed by atoms with Gasteiger partial charge in [0, 0.05) is 0 Å². The molecule has 1 N–H and O–H groups in total. The van der Waals surface area contributed by atoms with Gasteiger partial charge >= 0.3 is 41.5 Å². The molecule has 0 amide bonds. The third-order valence-electron chi connectivity index (χ3n) is 1.13. The van der Waals surface area contributed by atoms with Crippen LogP contribution >= 0.6 is 0 Å². The van der Waals surface area contributed by atoms with E-state index in [1.807, 2.05) is 0 Å². The normalized spacial score (nSPS) is 8.31. The van der Waals surface area contributed by atoms with Crippen molar-refractivity contribution in [1.82, 2.24) is 0 Å². The van der Waals surface area contributed by atoms with Crippen molar-refractivity contribution in [1.29, 1.82) is 0 Å². The summed E-state index contributed by atoms with van der Waals surface area (Å²) in [5.41, 5.74) is 0. The molecule has 0 aliphatic carbocycles. The fourth-order valence-electron chi connectivity index (χ4n) is 0.639. The van der Waals surface area contributed by atoms with Gasteiger partial charge in [0.05, 0.1) is 0 Å². The molecule has 0 saturated carbocycles. The van der Waals surface area contributed by atoms with Crippen molar-refractivity contribution < 1.29 is 19.4 Å². The van der Waals surface area contributed by atoms with Crippen LogP contribution in [0, 0.1) is 0 Å². The van der Waals surface area contributed by atoms with E-state index in [9.17, 15) is 9.59 Å². The summed E-state index contributed by atoms with van der Waals surface area (Å²) in [5.74, 6) is -2.65. The van der Waals surface area contributed by atoms with Crippen molar-refractivity contribution in [3.8, 4) is 5.75 Å². The third kappa shape index (κ3) is 4.07. The van der Waals surface area contributed by atoms with Crippen molar-refractivity contribution in [3.05, 3.63) is 30.3 Å². The monoisotopic (exact) mass is 190 g/mol. The van der Waals surface area contributed by atoms with Gasteiger partial charge in [-0.15, -0.1) is 0 Å². The Balaban J connectivity index is 0.00000144. The van der Waals surface area contributed by atoms with E-state index in [0.29, 0.717) is 0 Å². The molecule has 0 heterocycles. The number of hydrogen-bond donors (Lipinski definition) is 1. The van der Waals surface area contributed by atoms with Crippen molar-refractivity contribution in [2.45, 2.75) is 0 Å². The zero-order valence-corrected chi connectivity index (χ0v) is 6.06. The van der Waals surface area contributed by atoms with E-state index in [1.165, 1.54) is 12.1 Å². The van der Waals surface area contributed by atoms with Crippen molar-refractivity contribution >= 4 is 41.5 Å². The van der Waals surface area contributed by atoms with Gasteiger partial charge in [-0.25, -0.2) is 9.59 Å². The minimum atomic E-state index is -1.60. The van der Waals surface area contributed by atoms with Crippen LogP contribution in [0.25, 0.3) is 0 Å². The average Bonchev–Trinajstić information content (AvgIpc) is 2.06. The first-order valence-corrected chi connectivity index (χ1v) is 3.20. The van der Waals surface area contributed by atoms with Gasteiger partial charge in [0.1, 0.15) is 5.75 Å². The molecule has 13 heavy (non-hydrogen) atoms. The van der Waals surface area contributed by atoms with Crippen LogP contribution in [0.1, 0.15) is 0 Å². The number of carboxylic acids is 1. The van der Waals surface area contributed by atoms with E-state index in [4.69, 9.17) is 5.11 Å². The summed E-state index contributed by atoms with van der Waals surface area (Å²) in [7, 11) is 0. The average molecular weight is 190 g/mol. The second kappa shape index (κ2) is 5.75. The van der Waals surface area contributed by atoms with Crippen LogP contribution in [0.15, 0.2) is 30.3 Å². The SMILES string of the molecule is O=C(O)C(=O)Oc1ccccc1.[NaH]. The molecule has 1 aromatic carbocycles. The van der Waals surface area contributed by atoms with Gasteiger partial charge in [0.25, 0.3) is 0 Å². The van der Waals surface area contributed by atoms with Gasteiger partial charge in [0.2, 0.25) is 0 Å². The maximum absolute atomic E-state index is 10.5. The molecular weight excluding hydrogens is 183 g/mol. The number of carbonyl (C=O) groups excluding carboxylic acids is 1. The molecule has 0 aliphatic heterocycles. The quantitative estimate of drug-likeness (QED) is 0.293. The molecule has 4 nitrogen and oxygen atoms in total. The van der Waals surface area contributed by atoms with Crippen LogP contribution in [0.3, 0.4) is 0 Å². The van der Waals surface area contributed by atoms with Gasteiger partial charge < -0.3 is 9.84 Å². The van der Waals surface area contributed by atoms with Gasteiger partial charge in [-0.2, -0.15) is 0 Å². The Kier molecular flexibility index (Phi) is 5.37. The second-order valence-electron chi connectivity index (χ2n) is 2.01. The Hall–Kier alpha value is -0.840. The molecular formula is C8H7NaO4. The molecule has 1 aromatic rings. The first kappa shape index (κ1) is 12.2. The Morgan fingerprint density at radius 1 is 1.15 bits per heavy atom. The van der Waals surface area contributed by atoms with E-state index in [2.05, 4.69) is 4.74 Å². The van der Waals surface area contributed by atoms with Crippen LogP contribution < -0.4 is 4.74 Å². The Morgan fingerprint density at radius 2 is 1.69 bits per heavy atom. The summed E-state index contributed by atoms with van der Waals surface area (Å²) in [4.78, 5) is 20.5. The number of rotatable bonds is 1. The molecule has 0 fully saturated rings. The molecule has 0 atom stereocenters. The molecule has 0 unspecified atom stereocenters. The summed E-state index contributed by atoms with van der Waals surface area (Å²) in [6, 6.07) is 8.02. The molecule has 0 saturated heterocycles. The second-order valence-corrected chi connectivity index (χ2v) is 2.01. The van der Waals surface area contributed by atoms with Crippen LogP contribution in [0.4, 0.5) is 0 Å². The van der Waals surface area contributed by atoms with E-state index >= 15 is 0 Å². The fourth-order valence-corrected chi connectivity index (χ4v) is 0.639. The number of hydrogen-bond acceptors (Lipinski definition) is 3. The fraction of sp³-hybridized carbons (Fsp3) is 0. The van der Waals surface area contributed by atoms with Crippen molar-refractivity contribution in [3.63, 3.8) is 0 Å². The zero-order valence-electron chi connectivity index (χ0n) is 6.06. The maximum atomic E-state index is 10.5. The summed E-state index contributed by atoms with van der Waals surface area (Å²) < 4.78 is 4.44. The summed E-state index contributed by atoms with van der Waals surface area (Å²) in [6.45, 7) is 0. The van der Waals surface area contributed by atoms with Gasteiger partial charge in [0.15, 0.2) is 0 Å². The number of esters is 1. The van der Waals surface area contributed by atoms with Crippen LogP contribution in [0.5, 0.6) is 5.75 Å². The molecule has 5 heteroatoms. The summed E-state index contributed by atoms with van der Waals surface area (Å²) in [5, 5.41) is 8.17. The Bertz CT molecular complexity index is 296. The Morgan fingerprint density at radius 3 is 2.15 bits per heavy atom. The number of para-hydroxylation sites is 1. The summed E-state index contributed by atoms with van der Waals surface area (Å²) in [6.07, 6.45) is 0. The number of benzene rings is 1. The number of aliphatic carboxylic acids is 1. The van der Waals surface area contributed by atoms with Gasteiger partial charge in [-0.05, 0) is 12.1 Å². The number of carboxylic acid groups (broad SMARTS) is 1. The standard InChI is InChI=1S/C8H6O4.Na.H/c9-7(10)8(11)12-6-4-2-1-3-5-6;;/h1-5H,(H,9,10);;. The van der Waals surface area contributed by atoms with E-state index in [1.54, 1.807) is 18.2 Å². The molecule has 1 rings (SSSR count). The van der Waals surface area contributed by atoms with Crippen molar-refractivity contribution in [2.24, 2.45) is 0 Å². The zero-order chi connectivity index (χ0) is 8.97. The van der Waals surface area contributed by atoms with Crippen LogP contribution in [0.2, 0.25) is 0 Å². The molecule has 0 spiro atoms. The van der Waals surface area contributed by atoms with E-state index in [-0.39, 0.29) is 35.3 Å². The first-order chi connectivity index (χ1) is 5.70. The molecule has 0 aromatic heterocycles. The third-order valence-corrected chi connectivity index (χ3v) is 1.13. The number of carbonyl (C=O) groups is 2.